The van der Waals surface area contributed by atoms with Crippen LogP contribution in [-0.2, 0) is 0 Å². The highest BCUT2D eigenvalue weighted by Crippen LogP contribution is 2.16. The van der Waals surface area contributed by atoms with Crippen molar-refractivity contribution in [3.05, 3.63) is 53.9 Å². The second kappa shape index (κ2) is 8.98. The standard InChI is InChI=1S/C20H22N4O4/c25-18(16-6-5-7-17(23-16)19(26)27)21-14-8-10-15(11-9-14)22-20(28)24-12-3-1-2-4-13-24/h5-11H,1-4,12-13H2,(H,21,25)(H,22,28)(H,26,27). The van der Waals surface area contributed by atoms with Gasteiger partial charge in [0.25, 0.3) is 5.91 Å². The Morgan fingerprint density at radius 2 is 1.39 bits per heavy atom. The van der Waals surface area contributed by atoms with E-state index in [1.807, 2.05) is 4.90 Å². The van der Waals surface area contributed by atoms with Gasteiger partial charge in [-0.05, 0) is 49.2 Å². The molecule has 1 aromatic carbocycles. The van der Waals surface area contributed by atoms with Crippen molar-refractivity contribution in [2.45, 2.75) is 25.7 Å². The van der Waals surface area contributed by atoms with E-state index in [1.54, 1.807) is 24.3 Å². The van der Waals surface area contributed by atoms with Crippen LogP contribution in [0.1, 0.15) is 46.7 Å². The summed E-state index contributed by atoms with van der Waals surface area (Å²) in [5, 5.41) is 14.5. The summed E-state index contributed by atoms with van der Waals surface area (Å²) in [6.45, 7) is 1.53. The number of urea groups is 1. The van der Waals surface area contributed by atoms with Gasteiger partial charge in [0, 0.05) is 24.5 Å². The Morgan fingerprint density at radius 3 is 2.00 bits per heavy atom. The van der Waals surface area contributed by atoms with Gasteiger partial charge in [-0.1, -0.05) is 18.9 Å². The number of carbonyl (C=O) groups excluding carboxylic acids is 2. The van der Waals surface area contributed by atoms with Gasteiger partial charge < -0.3 is 20.6 Å². The average Bonchev–Trinajstić information content (AvgIpc) is 2.99. The Bertz CT molecular complexity index is 859. The number of rotatable bonds is 4. The smallest absolute Gasteiger partial charge is 0.354 e. The van der Waals surface area contributed by atoms with E-state index in [4.69, 9.17) is 5.11 Å². The van der Waals surface area contributed by atoms with Crippen LogP contribution in [-0.4, -0.2) is 46.0 Å². The lowest BCUT2D eigenvalue weighted by Gasteiger charge is -2.20. The van der Waals surface area contributed by atoms with Crippen molar-refractivity contribution < 1.29 is 19.5 Å². The van der Waals surface area contributed by atoms with E-state index in [9.17, 15) is 14.4 Å². The Labute approximate surface area is 162 Å². The van der Waals surface area contributed by atoms with Crippen LogP contribution in [0.25, 0.3) is 0 Å². The van der Waals surface area contributed by atoms with Crippen molar-refractivity contribution in [1.82, 2.24) is 9.88 Å². The minimum atomic E-state index is -1.20. The van der Waals surface area contributed by atoms with E-state index in [0.29, 0.717) is 11.4 Å². The molecule has 3 rings (SSSR count). The van der Waals surface area contributed by atoms with Gasteiger partial charge in [0.2, 0.25) is 0 Å². The van der Waals surface area contributed by atoms with E-state index < -0.39 is 11.9 Å². The number of likely N-dealkylation sites (tertiary alicyclic amines) is 1. The molecule has 2 aromatic rings. The molecular weight excluding hydrogens is 360 g/mol. The number of aromatic nitrogens is 1. The number of aromatic carboxylic acids is 1. The van der Waals surface area contributed by atoms with Gasteiger partial charge in [-0.15, -0.1) is 0 Å². The molecule has 0 saturated carbocycles. The number of anilines is 2. The number of carboxylic acid groups (broad SMARTS) is 1. The summed E-state index contributed by atoms with van der Waals surface area (Å²) in [6.07, 6.45) is 4.36. The second-order valence-electron chi connectivity index (χ2n) is 6.58. The normalized spacial score (nSPS) is 14.1. The number of carbonyl (C=O) groups is 3. The molecule has 0 aliphatic carbocycles. The number of hydrogen-bond acceptors (Lipinski definition) is 4. The molecular formula is C20H22N4O4. The molecule has 2 heterocycles. The third-order valence-electron chi connectivity index (χ3n) is 4.49. The molecule has 0 radical (unpaired) electrons. The van der Waals surface area contributed by atoms with E-state index in [1.165, 1.54) is 18.2 Å². The van der Waals surface area contributed by atoms with Gasteiger partial charge in [0.15, 0.2) is 0 Å². The maximum absolute atomic E-state index is 12.3. The molecule has 8 heteroatoms. The Morgan fingerprint density at radius 1 is 0.821 bits per heavy atom. The predicted octanol–water partition coefficient (Wildman–Crippen LogP) is 3.44. The molecule has 28 heavy (non-hydrogen) atoms. The zero-order chi connectivity index (χ0) is 19.9. The number of carboxylic acids is 1. The summed E-state index contributed by atoms with van der Waals surface area (Å²) in [5.41, 5.74) is 0.969. The van der Waals surface area contributed by atoms with Crippen LogP contribution < -0.4 is 10.6 Å². The fraction of sp³-hybridized carbons (Fsp3) is 0.300. The fourth-order valence-corrected chi connectivity index (χ4v) is 2.99. The molecule has 0 bridgehead atoms. The highest BCUT2D eigenvalue weighted by Gasteiger charge is 2.16. The van der Waals surface area contributed by atoms with Crippen molar-refractivity contribution >= 4 is 29.3 Å². The van der Waals surface area contributed by atoms with E-state index in [0.717, 1.165) is 38.8 Å². The lowest BCUT2D eigenvalue weighted by atomic mass is 10.2. The van der Waals surface area contributed by atoms with Crippen molar-refractivity contribution in [3.8, 4) is 0 Å². The monoisotopic (exact) mass is 382 g/mol. The predicted molar refractivity (Wildman–Crippen MR) is 105 cm³/mol. The summed E-state index contributed by atoms with van der Waals surface area (Å²) < 4.78 is 0. The minimum absolute atomic E-state index is 0.0124. The highest BCUT2D eigenvalue weighted by molar-refractivity contribution is 6.03. The number of nitrogens with zero attached hydrogens (tertiary/aromatic N) is 2. The molecule has 1 saturated heterocycles. The summed E-state index contributed by atoms with van der Waals surface area (Å²) in [5.74, 6) is -1.70. The number of amides is 3. The maximum Gasteiger partial charge on any atom is 0.354 e. The number of pyridine rings is 1. The van der Waals surface area contributed by atoms with Crippen LogP contribution in [0.4, 0.5) is 16.2 Å². The lowest BCUT2D eigenvalue weighted by Crippen LogP contribution is -2.35. The zero-order valence-electron chi connectivity index (χ0n) is 15.4. The van der Waals surface area contributed by atoms with Gasteiger partial charge in [-0.2, -0.15) is 0 Å². The first-order chi connectivity index (χ1) is 13.5. The Balaban J connectivity index is 1.59. The summed E-state index contributed by atoms with van der Waals surface area (Å²) in [4.78, 5) is 41.2. The highest BCUT2D eigenvalue weighted by atomic mass is 16.4. The first kappa shape index (κ1) is 19.3. The molecule has 0 spiro atoms. The second-order valence-corrected chi connectivity index (χ2v) is 6.58. The van der Waals surface area contributed by atoms with Crippen LogP contribution in [0.3, 0.4) is 0 Å². The van der Waals surface area contributed by atoms with Gasteiger partial charge in [-0.25, -0.2) is 14.6 Å². The lowest BCUT2D eigenvalue weighted by molar-refractivity contribution is 0.0690. The largest absolute Gasteiger partial charge is 0.477 e. The van der Waals surface area contributed by atoms with Crippen molar-refractivity contribution in [2.75, 3.05) is 23.7 Å². The molecule has 1 aliphatic heterocycles. The van der Waals surface area contributed by atoms with E-state index in [-0.39, 0.29) is 17.4 Å². The van der Waals surface area contributed by atoms with E-state index in [2.05, 4.69) is 15.6 Å². The first-order valence-electron chi connectivity index (χ1n) is 9.20. The average molecular weight is 382 g/mol. The molecule has 146 valence electrons. The van der Waals surface area contributed by atoms with Crippen molar-refractivity contribution in [2.24, 2.45) is 0 Å². The number of benzene rings is 1. The topological polar surface area (TPSA) is 112 Å². The van der Waals surface area contributed by atoms with Gasteiger partial charge >= 0.3 is 12.0 Å². The molecule has 0 unspecified atom stereocenters. The Kier molecular flexibility index (Phi) is 6.21. The van der Waals surface area contributed by atoms with Crippen LogP contribution in [0.5, 0.6) is 0 Å². The van der Waals surface area contributed by atoms with Gasteiger partial charge in [0.05, 0.1) is 0 Å². The van der Waals surface area contributed by atoms with Gasteiger partial charge in [-0.3, -0.25) is 4.79 Å². The minimum Gasteiger partial charge on any atom is -0.477 e. The summed E-state index contributed by atoms with van der Waals surface area (Å²) >= 11 is 0. The van der Waals surface area contributed by atoms with E-state index >= 15 is 0 Å². The molecule has 1 fully saturated rings. The molecule has 8 nitrogen and oxygen atoms in total. The zero-order valence-corrected chi connectivity index (χ0v) is 15.4. The van der Waals surface area contributed by atoms with Crippen molar-refractivity contribution in [3.63, 3.8) is 0 Å². The number of hydrogen-bond donors (Lipinski definition) is 3. The third-order valence-corrected chi connectivity index (χ3v) is 4.49. The van der Waals surface area contributed by atoms with Gasteiger partial charge in [0.1, 0.15) is 11.4 Å². The van der Waals surface area contributed by atoms with Crippen LogP contribution >= 0.6 is 0 Å². The third kappa shape index (κ3) is 5.06. The Hall–Kier alpha value is -3.42. The van der Waals surface area contributed by atoms with Crippen LogP contribution in [0, 0.1) is 0 Å². The SMILES string of the molecule is O=C(O)c1cccc(C(=O)Nc2ccc(NC(=O)N3CCCCCC3)cc2)n1. The molecule has 3 N–H and O–H groups in total. The molecule has 1 aromatic heterocycles. The number of nitrogens with one attached hydrogen (secondary N) is 2. The fourth-order valence-electron chi connectivity index (χ4n) is 2.99. The molecule has 0 atom stereocenters. The first-order valence-corrected chi connectivity index (χ1v) is 9.20. The quantitative estimate of drug-likeness (QED) is 0.750. The summed E-state index contributed by atoms with van der Waals surface area (Å²) in [7, 11) is 0. The molecule has 3 amide bonds. The van der Waals surface area contributed by atoms with Crippen molar-refractivity contribution in [1.29, 1.82) is 0 Å². The van der Waals surface area contributed by atoms with Crippen LogP contribution in [0.2, 0.25) is 0 Å². The summed E-state index contributed by atoms with van der Waals surface area (Å²) in [6, 6.07) is 10.8. The maximum atomic E-state index is 12.3. The molecule has 1 aliphatic rings. The van der Waals surface area contributed by atoms with Crippen LogP contribution in [0.15, 0.2) is 42.5 Å².